The van der Waals surface area contributed by atoms with Crippen LogP contribution in [0.1, 0.15) is 31.9 Å². The van der Waals surface area contributed by atoms with Crippen LogP contribution < -0.4 is 0 Å². The van der Waals surface area contributed by atoms with Gasteiger partial charge < -0.3 is 9.64 Å². The van der Waals surface area contributed by atoms with E-state index in [1.165, 1.54) is 0 Å². The van der Waals surface area contributed by atoms with Gasteiger partial charge in [-0.1, -0.05) is 44.2 Å². The summed E-state index contributed by atoms with van der Waals surface area (Å²) in [6, 6.07) is 10.1. The summed E-state index contributed by atoms with van der Waals surface area (Å²) in [4.78, 5) is 14.1. The van der Waals surface area contributed by atoms with E-state index >= 15 is 0 Å². The van der Waals surface area contributed by atoms with Crippen molar-refractivity contribution in [3.8, 4) is 0 Å². The minimum atomic E-state index is 0.0213. The van der Waals surface area contributed by atoms with Gasteiger partial charge in [0.15, 0.2) is 0 Å². The first-order chi connectivity index (χ1) is 8.72. The highest BCUT2D eigenvalue weighted by atomic mass is 16.5. The number of rotatable bonds is 3. The van der Waals surface area contributed by atoms with Gasteiger partial charge in [-0.15, -0.1) is 0 Å². The Hall–Kier alpha value is -1.35. The lowest BCUT2D eigenvalue weighted by Gasteiger charge is -2.34. The Labute approximate surface area is 109 Å². The molecule has 0 bridgehead atoms. The lowest BCUT2D eigenvalue weighted by Crippen LogP contribution is -2.44. The Morgan fingerprint density at radius 2 is 2.17 bits per heavy atom. The Morgan fingerprint density at radius 3 is 2.83 bits per heavy atom. The van der Waals surface area contributed by atoms with E-state index in [2.05, 4.69) is 19.1 Å². The molecule has 1 aliphatic rings. The van der Waals surface area contributed by atoms with Gasteiger partial charge in [0.1, 0.15) is 6.10 Å². The highest BCUT2D eigenvalue weighted by molar-refractivity contribution is 5.78. The third kappa shape index (κ3) is 2.91. The van der Waals surface area contributed by atoms with E-state index in [0.717, 1.165) is 12.0 Å². The first kappa shape index (κ1) is 13.1. The second-order valence-corrected chi connectivity index (χ2v) is 4.86. The maximum atomic E-state index is 12.2. The molecule has 1 aromatic carbocycles. The molecule has 1 aliphatic heterocycles. The van der Waals surface area contributed by atoms with E-state index in [-0.39, 0.29) is 17.9 Å². The molecule has 0 N–H and O–H groups in total. The van der Waals surface area contributed by atoms with Gasteiger partial charge in [0.25, 0.3) is 0 Å². The minimum Gasteiger partial charge on any atom is -0.370 e. The van der Waals surface area contributed by atoms with Crippen molar-refractivity contribution in [1.82, 2.24) is 4.90 Å². The molecule has 0 radical (unpaired) electrons. The third-order valence-corrected chi connectivity index (χ3v) is 3.58. The summed E-state index contributed by atoms with van der Waals surface area (Å²) in [5.74, 6) is 0.362. The fourth-order valence-corrected chi connectivity index (χ4v) is 2.21. The number of nitrogens with zero attached hydrogens (tertiary/aromatic N) is 1. The molecular weight excluding hydrogens is 226 g/mol. The van der Waals surface area contributed by atoms with E-state index in [9.17, 15) is 4.79 Å². The zero-order valence-corrected chi connectivity index (χ0v) is 11.1. The molecule has 0 aromatic heterocycles. The summed E-state index contributed by atoms with van der Waals surface area (Å²) in [5, 5.41) is 0. The van der Waals surface area contributed by atoms with Crippen LogP contribution in [0.4, 0.5) is 0 Å². The molecule has 2 unspecified atom stereocenters. The molecule has 1 fully saturated rings. The molecule has 3 nitrogen and oxygen atoms in total. The van der Waals surface area contributed by atoms with Crippen LogP contribution in [0.3, 0.4) is 0 Å². The largest absolute Gasteiger partial charge is 0.370 e. The van der Waals surface area contributed by atoms with Crippen LogP contribution in [0.15, 0.2) is 30.3 Å². The summed E-state index contributed by atoms with van der Waals surface area (Å²) in [6.45, 7) is 6.06. The molecule has 0 saturated carbocycles. The zero-order valence-electron chi connectivity index (χ0n) is 11.1. The van der Waals surface area contributed by atoms with Crippen molar-refractivity contribution in [3.05, 3.63) is 35.9 Å². The van der Waals surface area contributed by atoms with Gasteiger partial charge in [0.2, 0.25) is 5.91 Å². The average Bonchev–Trinajstić information content (AvgIpc) is 2.46. The van der Waals surface area contributed by atoms with Crippen LogP contribution in [-0.2, 0) is 9.53 Å². The van der Waals surface area contributed by atoms with E-state index in [4.69, 9.17) is 4.74 Å². The average molecular weight is 247 g/mol. The molecule has 3 heteroatoms. The summed E-state index contributed by atoms with van der Waals surface area (Å²) in [6.07, 6.45) is 0.916. The summed E-state index contributed by atoms with van der Waals surface area (Å²) in [5.41, 5.74) is 1.15. The number of ether oxygens (including phenoxy) is 1. The molecule has 18 heavy (non-hydrogen) atoms. The second kappa shape index (κ2) is 6.01. The zero-order chi connectivity index (χ0) is 13.0. The van der Waals surface area contributed by atoms with E-state index < -0.39 is 0 Å². The maximum Gasteiger partial charge on any atom is 0.225 e. The predicted molar refractivity (Wildman–Crippen MR) is 71.2 cm³/mol. The molecule has 2 atom stereocenters. The summed E-state index contributed by atoms with van der Waals surface area (Å²) < 4.78 is 5.76. The molecule has 1 saturated heterocycles. The predicted octanol–water partition coefficient (Wildman–Crippen LogP) is 2.63. The van der Waals surface area contributed by atoms with E-state index in [0.29, 0.717) is 19.7 Å². The standard InChI is InChI=1S/C15H21NO2/c1-3-12(2)15(17)16-9-10-18-14(11-16)13-7-5-4-6-8-13/h4-8,12,14H,3,9-11H2,1-2H3. The molecule has 0 aliphatic carbocycles. The molecular formula is C15H21NO2. The monoisotopic (exact) mass is 247 g/mol. The lowest BCUT2D eigenvalue weighted by molar-refractivity contribution is -0.142. The quantitative estimate of drug-likeness (QED) is 0.821. The van der Waals surface area contributed by atoms with Crippen LogP contribution in [0.5, 0.6) is 0 Å². The van der Waals surface area contributed by atoms with Crippen molar-refractivity contribution in [2.75, 3.05) is 19.7 Å². The molecule has 1 heterocycles. The van der Waals surface area contributed by atoms with Crippen LogP contribution in [0.25, 0.3) is 0 Å². The van der Waals surface area contributed by atoms with Crippen LogP contribution in [-0.4, -0.2) is 30.5 Å². The fraction of sp³-hybridized carbons (Fsp3) is 0.533. The normalized spacial score (nSPS) is 21.7. The smallest absolute Gasteiger partial charge is 0.225 e. The van der Waals surface area contributed by atoms with Gasteiger partial charge in [-0.2, -0.15) is 0 Å². The number of hydrogen-bond acceptors (Lipinski definition) is 2. The lowest BCUT2D eigenvalue weighted by atomic mass is 10.0. The number of amides is 1. The number of carbonyl (C=O) groups is 1. The Kier molecular flexibility index (Phi) is 4.37. The van der Waals surface area contributed by atoms with Crippen molar-refractivity contribution in [1.29, 1.82) is 0 Å². The highest BCUT2D eigenvalue weighted by Crippen LogP contribution is 2.23. The topological polar surface area (TPSA) is 29.5 Å². The summed E-state index contributed by atoms with van der Waals surface area (Å²) >= 11 is 0. The SMILES string of the molecule is CCC(C)C(=O)N1CCOC(c2ccccc2)C1. The van der Waals surface area contributed by atoms with E-state index in [1.54, 1.807) is 0 Å². The van der Waals surface area contributed by atoms with Gasteiger partial charge in [-0.25, -0.2) is 0 Å². The Morgan fingerprint density at radius 1 is 1.44 bits per heavy atom. The number of benzene rings is 1. The van der Waals surface area contributed by atoms with Crippen LogP contribution >= 0.6 is 0 Å². The number of carbonyl (C=O) groups excluding carboxylic acids is 1. The van der Waals surface area contributed by atoms with Crippen molar-refractivity contribution in [3.63, 3.8) is 0 Å². The van der Waals surface area contributed by atoms with Crippen LogP contribution in [0.2, 0.25) is 0 Å². The Balaban J connectivity index is 2.03. The first-order valence-corrected chi connectivity index (χ1v) is 6.67. The van der Waals surface area contributed by atoms with Gasteiger partial charge in [-0.3, -0.25) is 4.79 Å². The van der Waals surface area contributed by atoms with Crippen molar-refractivity contribution in [2.24, 2.45) is 5.92 Å². The Bertz CT molecular complexity index is 391. The van der Waals surface area contributed by atoms with Gasteiger partial charge in [-0.05, 0) is 12.0 Å². The van der Waals surface area contributed by atoms with Gasteiger partial charge >= 0.3 is 0 Å². The van der Waals surface area contributed by atoms with Crippen LogP contribution in [0, 0.1) is 5.92 Å². The molecule has 2 rings (SSSR count). The fourth-order valence-electron chi connectivity index (χ4n) is 2.21. The highest BCUT2D eigenvalue weighted by Gasteiger charge is 2.27. The molecule has 1 aromatic rings. The van der Waals surface area contributed by atoms with Crippen molar-refractivity contribution in [2.45, 2.75) is 26.4 Å². The van der Waals surface area contributed by atoms with Crippen molar-refractivity contribution >= 4 is 5.91 Å². The number of morpholine rings is 1. The summed E-state index contributed by atoms with van der Waals surface area (Å²) in [7, 11) is 0. The minimum absolute atomic E-state index is 0.0213. The third-order valence-electron chi connectivity index (χ3n) is 3.58. The van der Waals surface area contributed by atoms with Gasteiger partial charge in [0.05, 0.1) is 13.2 Å². The first-order valence-electron chi connectivity index (χ1n) is 6.67. The second-order valence-electron chi connectivity index (χ2n) is 4.86. The van der Waals surface area contributed by atoms with E-state index in [1.807, 2.05) is 30.0 Å². The number of hydrogen-bond donors (Lipinski definition) is 0. The molecule has 98 valence electrons. The molecule has 0 spiro atoms. The van der Waals surface area contributed by atoms with Gasteiger partial charge in [0, 0.05) is 12.5 Å². The molecule has 1 amide bonds. The maximum absolute atomic E-state index is 12.2. The van der Waals surface area contributed by atoms with Crippen molar-refractivity contribution < 1.29 is 9.53 Å².